The van der Waals surface area contributed by atoms with Crippen LogP contribution in [0.15, 0.2) is 36.8 Å². The van der Waals surface area contributed by atoms with Gasteiger partial charge in [-0.1, -0.05) is 0 Å². The fraction of sp³-hybridized carbons (Fsp3) is 0.389. The van der Waals surface area contributed by atoms with Crippen molar-refractivity contribution in [3.63, 3.8) is 0 Å². The molecule has 2 N–H and O–H groups in total. The summed E-state index contributed by atoms with van der Waals surface area (Å²) in [6, 6.07) is 5.69. The van der Waals surface area contributed by atoms with Gasteiger partial charge in [0.1, 0.15) is 0 Å². The predicted molar refractivity (Wildman–Crippen MR) is 89.5 cm³/mol. The van der Waals surface area contributed by atoms with Crippen molar-refractivity contribution in [2.45, 2.75) is 31.9 Å². The molecule has 3 heterocycles. The predicted octanol–water partition coefficient (Wildman–Crippen LogP) is 2.82. The Kier molecular flexibility index (Phi) is 4.13. The van der Waals surface area contributed by atoms with E-state index in [1.807, 2.05) is 18.2 Å². The summed E-state index contributed by atoms with van der Waals surface area (Å²) in [5.41, 5.74) is 3.90. The first-order valence-corrected chi connectivity index (χ1v) is 8.32. The van der Waals surface area contributed by atoms with E-state index in [0.29, 0.717) is 24.8 Å². The smallest absolute Gasteiger partial charge is 0.319 e. The van der Waals surface area contributed by atoms with E-state index < -0.39 is 0 Å². The minimum Gasteiger partial charge on any atom is -0.376 e. The van der Waals surface area contributed by atoms with Gasteiger partial charge in [-0.2, -0.15) is 0 Å². The summed E-state index contributed by atoms with van der Waals surface area (Å²) >= 11 is 0. The molecule has 0 bridgehead atoms. The molecule has 2 amide bonds. The highest BCUT2D eigenvalue weighted by Gasteiger charge is 2.33. The lowest BCUT2D eigenvalue weighted by atomic mass is 10.0. The third-order valence-corrected chi connectivity index (χ3v) is 4.50. The van der Waals surface area contributed by atoms with Gasteiger partial charge >= 0.3 is 6.03 Å². The minimum atomic E-state index is -0.206. The molecule has 1 unspecified atom stereocenters. The molecule has 1 atom stereocenters. The van der Waals surface area contributed by atoms with Crippen LogP contribution in [0.25, 0.3) is 0 Å². The first-order chi connectivity index (χ1) is 11.8. The van der Waals surface area contributed by atoms with Crippen molar-refractivity contribution in [3.05, 3.63) is 53.6 Å². The first-order valence-electron chi connectivity index (χ1n) is 8.32. The topological polar surface area (TPSA) is 76.1 Å². The summed E-state index contributed by atoms with van der Waals surface area (Å²) < 4.78 is 5.44. The van der Waals surface area contributed by atoms with Crippen LogP contribution in [0.3, 0.4) is 0 Å². The zero-order chi connectivity index (χ0) is 16.4. The van der Waals surface area contributed by atoms with Gasteiger partial charge in [0.15, 0.2) is 0 Å². The monoisotopic (exact) mass is 324 g/mol. The standard InChI is InChI=1S/C18H20N4O2/c23-18(21-15-9-14-11-24-8-5-16(14)20-10-15)22-17(12-1-2-12)13-3-6-19-7-4-13/h3-4,6-7,9-10,12,17H,1-2,5,8,11H2,(H2,21,22,23). The van der Waals surface area contributed by atoms with Gasteiger partial charge < -0.3 is 15.4 Å². The number of carbonyl (C=O) groups is 1. The van der Waals surface area contributed by atoms with Crippen LogP contribution >= 0.6 is 0 Å². The molecule has 4 rings (SSSR count). The average molecular weight is 324 g/mol. The number of amides is 2. The molecule has 0 spiro atoms. The second-order valence-corrected chi connectivity index (χ2v) is 6.33. The third kappa shape index (κ3) is 3.38. The molecule has 2 aliphatic rings. The van der Waals surface area contributed by atoms with E-state index in [1.54, 1.807) is 18.6 Å². The molecule has 2 aromatic rings. The fourth-order valence-electron chi connectivity index (χ4n) is 3.09. The summed E-state index contributed by atoms with van der Waals surface area (Å²) in [5, 5.41) is 5.98. The third-order valence-electron chi connectivity index (χ3n) is 4.50. The Morgan fingerprint density at radius 1 is 1.29 bits per heavy atom. The maximum Gasteiger partial charge on any atom is 0.319 e. The van der Waals surface area contributed by atoms with Crippen LogP contribution in [0.1, 0.15) is 35.7 Å². The summed E-state index contributed by atoms with van der Waals surface area (Å²) in [4.78, 5) is 20.9. The summed E-state index contributed by atoms with van der Waals surface area (Å²) in [5.74, 6) is 0.508. The Morgan fingerprint density at radius 3 is 2.92 bits per heavy atom. The number of anilines is 1. The molecule has 6 nitrogen and oxygen atoms in total. The molecule has 1 aliphatic carbocycles. The summed E-state index contributed by atoms with van der Waals surface area (Å²) in [6.07, 6.45) is 8.35. The SMILES string of the molecule is O=C(Nc1cnc2c(c1)COCC2)NC(c1ccncc1)C1CC1. The van der Waals surface area contributed by atoms with Gasteiger partial charge in [0.05, 0.1) is 31.1 Å². The molecule has 2 aromatic heterocycles. The lowest BCUT2D eigenvalue weighted by Crippen LogP contribution is -2.33. The number of aromatic nitrogens is 2. The maximum atomic E-state index is 12.4. The van der Waals surface area contributed by atoms with Crippen molar-refractivity contribution >= 4 is 11.7 Å². The van der Waals surface area contributed by atoms with E-state index in [1.165, 1.54) is 0 Å². The van der Waals surface area contributed by atoms with Gasteiger partial charge in [-0.3, -0.25) is 9.97 Å². The van der Waals surface area contributed by atoms with E-state index >= 15 is 0 Å². The fourth-order valence-corrected chi connectivity index (χ4v) is 3.09. The highest BCUT2D eigenvalue weighted by atomic mass is 16.5. The lowest BCUT2D eigenvalue weighted by molar-refractivity contribution is 0.109. The Hall–Kier alpha value is -2.47. The van der Waals surface area contributed by atoms with Gasteiger partial charge in [0.25, 0.3) is 0 Å². The molecule has 0 radical (unpaired) electrons. The number of urea groups is 1. The molecule has 1 fully saturated rings. The first kappa shape index (κ1) is 15.1. The molecule has 1 saturated carbocycles. The number of fused-ring (bicyclic) bond motifs is 1. The molecule has 6 heteroatoms. The quantitative estimate of drug-likeness (QED) is 0.907. The molecule has 0 saturated heterocycles. The van der Waals surface area contributed by atoms with Crippen molar-refractivity contribution in [1.29, 1.82) is 0 Å². The van der Waals surface area contributed by atoms with Crippen LogP contribution in [0.5, 0.6) is 0 Å². The molecular formula is C18H20N4O2. The van der Waals surface area contributed by atoms with Gasteiger partial charge in [-0.05, 0) is 42.5 Å². The van der Waals surface area contributed by atoms with E-state index in [0.717, 1.165) is 36.1 Å². The van der Waals surface area contributed by atoms with Crippen molar-refractivity contribution in [2.24, 2.45) is 5.92 Å². The number of nitrogens with one attached hydrogen (secondary N) is 2. The normalized spacial score (nSPS) is 17.7. The van der Waals surface area contributed by atoms with Crippen LogP contribution in [0.4, 0.5) is 10.5 Å². The van der Waals surface area contributed by atoms with E-state index in [2.05, 4.69) is 20.6 Å². The van der Waals surface area contributed by atoms with Crippen molar-refractivity contribution in [3.8, 4) is 0 Å². The zero-order valence-electron chi connectivity index (χ0n) is 13.4. The number of ether oxygens (including phenoxy) is 1. The highest BCUT2D eigenvalue weighted by molar-refractivity contribution is 5.89. The lowest BCUT2D eigenvalue weighted by Gasteiger charge is -2.20. The zero-order valence-corrected chi connectivity index (χ0v) is 13.4. The Bertz CT molecular complexity index is 731. The summed E-state index contributed by atoms with van der Waals surface area (Å²) in [6.45, 7) is 1.27. The van der Waals surface area contributed by atoms with Crippen LogP contribution in [0.2, 0.25) is 0 Å². The number of rotatable bonds is 4. The largest absolute Gasteiger partial charge is 0.376 e. The second-order valence-electron chi connectivity index (χ2n) is 6.33. The van der Waals surface area contributed by atoms with Gasteiger partial charge in [-0.25, -0.2) is 4.79 Å². The van der Waals surface area contributed by atoms with E-state index in [-0.39, 0.29) is 12.1 Å². The van der Waals surface area contributed by atoms with Crippen molar-refractivity contribution in [2.75, 3.05) is 11.9 Å². The number of hydrogen-bond acceptors (Lipinski definition) is 4. The molecule has 0 aromatic carbocycles. The van der Waals surface area contributed by atoms with E-state index in [4.69, 9.17) is 4.74 Å². The Morgan fingerprint density at radius 2 is 2.12 bits per heavy atom. The van der Waals surface area contributed by atoms with Gasteiger partial charge in [0, 0.05) is 30.1 Å². The van der Waals surface area contributed by atoms with Crippen LogP contribution in [-0.4, -0.2) is 22.6 Å². The number of carbonyl (C=O) groups excluding carboxylic acids is 1. The molecule has 24 heavy (non-hydrogen) atoms. The molecule has 1 aliphatic heterocycles. The number of pyridine rings is 2. The van der Waals surface area contributed by atoms with Gasteiger partial charge in [-0.15, -0.1) is 0 Å². The van der Waals surface area contributed by atoms with E-state index in [9.17, 15) is 4.79 Å². The molecule has 124 valence electrons. The Labute approximate surface area is 140 Å². The van der Waals surface area contributed by atoms with Crippen LogP contribution in [0, 0.1) is 5.92 Å². The van der Waals surface area contributed by atoms with Crippen molar-refractivity contribution < 1.29 is 9.53 Å². The minimum absolute atomic E-state index is 0.0296. The van der Waals surface area contributed by atoms with Crippen LogP contribution < -0.4 is 10.6 Å². The molecular weight excluding hydrogens is 304 g/mol. The van der Waals surface area contributed by atoms with Gasteiger partial charge in [0.2, 0.25) is 0 Å². The summed E-state index contributed by atoms with van der Waals surface area (Å²) in [7, 11) is 0. The van der Waals surface area contributed by atoms with Crippen molar-refractivity contribution in [1.82, 2.24) is 15.3 Å². The van der Waals surface area contributed by atoms with Crippen LogP contribution in [-0.2, 0) is 17.8 Å². The number of nitrogens with zero attached hydrogens (tertiary/aromatic N) is 2. The maximum absolute atomic E-state index is 12.4. The number of hydrogen-bond donors (Lipinski definition) is 2. The Balaban J connectivity index is 1.44. The highest BCUT2D eigenvalue weighted by Crippen LogP contribution is 2.40. The second kappa shape index (κ2) is 6.57. The average Bonchev–Trinajstić information content (AvgIpc) is 3.45.